The number of para-hydroxylation sites is 1. The van der Waals surface area contributed by atoms with Crippen LogP contribution in [0, 0.1) is 0 Å². The van der Waals surface area contributed by atoms with Crippen LogP contribution < -0.4 is 26.3 Å². The van der Waals surface area contributed by atoms with Gasteiger partial charge in [-0.05, 0) is 28.2 Å². The van der Waals surface area contributed by atoms with Gasteiger partial charge in [-0.25, -0.2) is 4.57 Å². The number of methoxy groups -OCH3 is 1. The maximum Gasteiger partial charge on any atom is 0.287 e. The van der Waals surface area contributed by atoms with Crippen molar-refractivity contribution >= 4 is 5.78 Å². The second-order valence-electron chi connectivity index (χ2n) is 6.68. The van der Waals surface area contributed by atoms with Gasteiger partial charge in [0.15, 0.2) is 12.2 Å². The molecule has 0 atom stereocenters. The van der Waals surface area contributed by atoms with Crippen LogP contribution in [0.25, 0.3) is 22.4 Å². The Morgan fingerprint density at radius 2 is 1.53 bits per heavy atom. The molecule has 0 bridgehead atoms. The largest absolute Gasteiger partial charge is 1.00 e. The average molecular weight is 461 g/mol. The molecule has 0 aliphatic rings. The molecule has 5 heteroatoms. The number of nitrogens with zero attached hydrogens (tertiary/aromatic N) is 2. The Labute approximate surface area is 186 Å². The number of hydrogen-bond donors (Lipinski definition) is 0. The Bertz CT molecular complexity index is 1110. The van der Waals surface area contributed by atoms with E-state index in [1.54, 1.807) is 18.0 Å². The molecule has 4 rings (SSSR count). The van der Waals surface area contributed by atoms with Gasteiger partial charge in [0.25, 0.3) is 6.33 Å². The summed E-state index contributed by atoms with van der Waals surface area (Å²) in [6.07, 6.45) is 3.54. The highest BCUT2D eigenvalue weighted by atomic mass is 79.9. The summed E-state index contributed by atoms with van der Waals surface area (Å²) in [5.41, 5.74) is 4.64. The minimum atomic E-state index is 0. The Morgan fingerprint density at radius 1 is 0.867 bits per heavy atom. The van der Waals surface area contributed by atoms with Gasteiger partial charge in [0, 0.05) is 11.6 Å². The molecule has 150 valence electrons. The van der Waals surface area contributed by atoms with Crippen LogP contribution in [0.2, 0.25) is 0 Å². The van der Waals surface area contributed by atoms with Crippen molar-refractivity contribution in [3.05, 3.63) is 103 Å². The van der Waals surface area contributed by atoms with E-state index >= 15 is 0 Å². The first-order valence-corrected chi connectivity index (χ1v) is 9.42. The fraction of sp³-hybridized carbons (Fsp3) is 0.0800. The minimum absolute atomic E-state index is 0. The van der Waals surface area contributed by atoms with E-state index in [1.165, 1.54) is 0 Å². The fourth-order valence-corrected chi connectivity index (χ4v) is 3.23. The van der Waals surface area contributed by atoms with Crippen molar-refractivity contribution in [1.82, 2.24) is 4.98 Å². The second kappa shape index (κ2) is 9.94. The quantitative estimate of drug-likeness (QED) is 0.324. The van der Waals surface area contributed by atoms with Crippen molar-refractivity contribution in [2.24, 2.45) is 0 Å². The third-order valence-electron chi connectivity index (χ3n) is 4.79. The standard InChI is InChI=1S/C25H21N2O2.BrH/c1-29-25-10-6-5-9-22(25)23-15-16-27(18-26-23)17-24(28)21-13-11-20(12-14-21)19-7-3-2-4-8-19;/h2-16,18H,17H2,1H3;1H/q+1;/p-1. The Balaban J connectivity index is 0.00000256. The number of benzene rings is 3. The van der Waals surface area contributed by atoms with Crippen molar-refractivity contribution < 1.29 is 31.1 Å². The van der Waals surface area contributed by atoms with Crippen LogP contribution in [-0.4, -0.2) is 17.9 Å². The summed E-state index contributed by atoms with van der Waals surface area (Å²) in [7, 11) is 1.64. The average Bonchev–Trinajstić information content (AvgIpc) is 2.80. The molecule has 0 fully saturated rings. The smallest absolute Gasteiger partial charge is 0.287 e. The van der Waals surface area contributed by atoms with Crippen LogP contribution in [0.4, 0.5) is 0 Å². The molecule has 0 aliphatic heterocycles. The Hall–Kier alpha value is -3.31. The summed E-state index contributed by atoms with van der Waals surface area (Å²) in [5.74, 6) is 0.814. The molecule has 4 nitrogen and oxygen atoms in total. The van der Waals surface area contributed by atoms with Crippen LogP contribution in [0.3, 0.4) is 0 Å². The highest BCUT2D eigenvalue weighted by Gasteiger charge is 2.14. The maximum atomic E-state index is 12.6. The highest BCUT2D eigenvalue weighted by Crippen LogP contribution is 2.27. The van der Waals surface area contributed by atoms with Gasteiger partial charge < -0.3 is 21.7 Å². The normalized spacial score (nSPS) is 10.2. The Morgan fingerprint density at radius 3 is 2.20 bits per heavy atom. The predicted molar refractivity (Wildman–Crippen MR) is 113 cm³/mol. The van der Waals surface area contributed by atoms with E-state index < -0.39 is 0 Å². The summed E-state index contributed by atoms with van der Waals surface area (Å²) in [4.78, 5) is 17.1. The summed E-state index contributed by atoms with van der Waals surface area (Å²) in [6.45, 7) is 0.240. The van der Waals surface area contributed by atoms with Gasteiger partial charge in [0.05, 0.1) is 18.9 Å². The molecule has 0 amide bonds. The lowest BCUT2D eigenvalue weighted by Gasteiger charge is -2.05. The van der Waals surface area contributed by atoms with Crippen LogP contribution in [-0.2, 0) is 6.54 Å². The van der Waals surface area contributed by atoms with E-state index in [4.69, 9.17) is 4.74 Å². The summed E-state index contributed by atoms with van der Waals surface area (Å²) in [6, 6.07) is 27.5. The minimum Gasteiger partial charge on any atom is -1.00 e. The van der Waals surface area contributed by atoms with Crippen molar-refractivity contribution in [2.75, 3.05) is 7.11 Å². The molecular weight excluding hydrogens is 440 g/mol. The van der Waals surface area contributed by atoms with E-state index in [0.717, 1.165) is 28.1 Å². The van der Waals surface area contributed by atoms with Gasteiger partial charge in [-0.15, -0.1) is 0 Å². The molecule has 0 saturated carbocycles. The number of rotatable bonds is 6. The lowest BCUT2D eigenvalue weighted by atomic mass is 10.0. The van der Waals surface area contributed by atoms with E-state index in [-0.39, 0.29) is 29.3 Å². The van der Waals surface area contributed by atoms with Gasteiger partial charge in [0.2, 0.25) is 5.78 Å². The van der Waals surface area contributed by atoms with Crippen molar-refractivity contribution in [3.63, 3.8) is 0 Å². The summed E-state index contributed by atoms with van der Waals surface area (Å²) >= 11 is 0. The molecule has 0 spiro atoms. The zero-order chi connectivity index (χ0) is 20.1. The van der Waals surface area contributed by atoms with E-state index in [9.17, 15) is 4.79 Å². The summed E-state index contributed by atoms with van der Waals surface area (Å²) < 4.78 is 7.18. The molecule has 0 N–H and O–H groups in total. The molecule has 4 aromatic rings. The molecule has 3 aromatic carbocycles. The predicted octanol–water partition coefficient (Wildman–Crippen LogP) is 1.60. The third-order valence-corrected chi connectivity index (χ3v) is 4.79. The molecule has 1 heterocycles. The van der Waals surface area contributed by atoms with Crippen molar-refractivity contribution in [1.29, 1.82) is 0 Å². The number of hydrogen-bond acceptors (Lipinski definition) is 3. The van der Waals surface area contributed by atoms with Gasteiger partial charge in [-0.3, -0.25) is 4.79 Å². The van der Waals surface area contributed by atoms with E-state index in [0.29, 0.717) is 5.56 Å². The monoisotopic (exact) mass is 460 g/mol. The number of carbonyl (C=O) groups is 1. The van der Waals surface area contributed by atoms with Crippen LogP contribution in [0.1, 0.15) is 10.4 Å². The number of carbonyl (C=O) groups excluding carboxylic acids is 1. The first-order chi connectivity index (χ1) is 14.2. The van der Waals surface area contributed by atoms with Crippen LogP contribution in [0.5, 0.6) is 5.75 Å². The molecule has 30 heavy (non-hydrogen) atoms. The van der Waals surface area contributed by atoms with Gasteiger partial charge in [-0.1, -0.05) is 66.7 Å². The molecule has 0 unspecified atom stereocenters. The molecular formula is C25H21BrN2O2. The third kappa shape index (κ3) is 4.81. The van der Waals surface area contributed by atoms with Crippen molar-refractivity contribution in [3.8, 4) is 28.1 Å². The van der Waals surface area contributed by atoms with Gasteiger partial charge in [0.1, 0.15) is 5.75 Å². The van der Waals surface area contributed by atoms with Crippen molar-refractivity contribution in [2.45, 2.75) is 6.54 Å². The SMILES string of the molecule is COc1ccccc1-c1cc[n+](CC(=O)c2ccc(-c3ccccc3)cc2)cn1.[Br-]. The molecule has 1 aromatic heterocycles. The fourth-order valence-electron chi connectivity index (χ4n) is 3.23. The first kappa shape index (κ1) is 21.4. The maximum absolute atomic E-state index is 12.6. The summed E-state index contributed by atoms with van der Waals surface area (Å²) in [5, 5.41) is 0. The first-order valence-electron chi connectivity index (χ1n) is 9.42. The highest BCUT2D eigenvalue weighted by molar-refractivity contribution is 5.95. The lowest BCUT2D eigenvalue weighted by molar-refractivity contribution is -0.686. The zero-order valence-corrected chi connectivity index (χ0v) is 18.1. The van der Waals surface area contributed by atoms with E-state index in [2.05, 4.69) is 17.1 Å². The Kier molecular flexibility index (Phi) is 7.09. The number of halogens is 1. The topological polar surface area (TPSA) is 43.1 Å². The number of Topliss-reactive ketones (excluding diaryl/α,β-unsaturated/α-hetero) is 1. The lowest BCUT2D eigenvalue weighted by Crippen LogP contribution is -3.00. The molecule has 0 saturated heterocycles. The van der Waals surface area contributed by atoms with E-state index in [1.807, 2.05) is 79.0 Å². The van der Waals surface area contributed by atoms with Crippen LogP contribution >= 0.6 is 0 Å². The van der Waals surface area contributed by atoms with Gasteiger partial charge >= 0.3 is 0 Å². The number of ether oxygens (including phenoxy) is 1. The zero-order valence-electron chi connectivity index (χ0n) is 16.5. The molecule has 0 aliphatic carbocycles. The number of ketones is 1. The van der Waals surface area contributed by atoms with Gasteiger partial charge in [-0.2, -0.15) is 0 Å². The molecule has 0 radical (unpaired) electrons. The van der Waals surface area contributed by atoms with Crippen LogP contribution in [0.15, 0.2) is 97.5 Å². The number of aromatic nitrogens is 2. The second-order valence-corrected chi connectivity index (χ2v) is 6.68.